The zero-order valence-electron chi connectivity index (χ0n) is 7.84. The van der Waals surface area contributed by atoms with Crippen molar-refractivity contribution >= 4 is 11.0 Å². The number of nitrogens with zero attached hydrogens (tertiary/aromatic N) is 3. The summed E-state index contributed by atoms with van der Waals surface area (Å²) in [5, 5.41) is 4.35. The molecule has 4 nitrogen and oxygen atoms in total. The minimum atomic E-state index is 0.194. The third-order valence-electron chi connectivity index (χ3n) is 1.90. The Hall–Kier alpha value is -2.37. The Morgan fingerprint density at radius 1 is 1.40 bits per heavy atom. The number of benzene rings is 1. The van der Waals surface area contributed by atoms with Crippen LogP contribution in [0.2, 0.25) is 0 Å². The van der Waals surface area contributed by atoms with Gasteiger partial charge in [-0.05, 0) is 29.8 Å². The predicted molar refractivity (Wildman–Crippen MR) is 57.1 cm³/mol. The van der Waals surface area contributed by atoms with Crippen LogP contribution in [0.25, 0.3) is 21.4 Å². The Bertz CT molecular complexity index is 582. The van der Waals surface area contributed by atoms with Crippen molar-refractivity contribution in [2.24, 2.45) is 5.11 Å². The van der Waals surface area contributed by atoms with Gasteiger partial charge in [0.25, 0.3) is 0 Å². The number of hydrogen-bond donors (Lipinski definition) is 0. The third kappa shape index (κ3) is 2.11. The van der Waals surface area contributed by atoms with Crippen molar-refractivity contribution < 1.29 is 4.42 Å². The lowest BCUT2D eigenvalue weighted by molar-refractivity contribution is 0.616. The molecule has 1 heterocycles. The summed E-state index contributed by atoms with van der Waals surface area (Å²) in [5.41, 5.74) is 9.78. The molecule has 0 atom stereocenters. The van der Waals surface area contributed by atoms with Gasteiger partial charge in [-0.2, -0.15) is 0 Å². The maximum atomic E-state index is 8.06. The standard InChI is InChI=1S/C11H7N3O/c12-14-13-6-1-2-9-3-4-11-10(8-9)5-7-15-11/h3-5,7-8H,6H2. The van der Waals surface area contributed by atoms with Crippen LogP contribution in [0.3, 0.4) is 0 Å². The molecule has 0 aliphatic heterocycles. The molecule has 0 unspecified atom stereocenters. The summed E-state index contributed by atoms with van der Waals surface area (Å²) in [6.45, 7) is 0.194. The molecule has 0 aliphatic rings. The van der Waals surface area contributed by atoms with E-state index >= 15 is 0 Å². The number of rotatable bonds is 1. The van der Waals surface area contributed by atoms with Gasteiger partial charge < -0.3 is 4.42 Å². The van der Waals surface area contributed by atoms with Crippen LogP contribution in [0.1, 0.15) is 5.56 Å². The van der Waals surface area contributed by atoms with E-state index in [2.05, 4.69) is 21.9 Å². The fourth-order valence-corrected chi connectivity index (χ4v) is 1.25. The summed E-state index contributed by atoms with van der Waals surface area (Å²) in [7, 11) is 0. The second kappa shape index (κ2) is 4.23. The first-order valence-corrected chi connectivity index (χ1v) is 4.37. The SMILES string of the molecule is [N-]=[N+]=NCC#Cc1ccc2occc2c1. The average Bonchev–Trinajstić information content (AvgIpc) is 2.71. The topological polar surface area (TPSA) is 61.9 Å². The molecule has 0 bridgehead atoms. The molecule has 1 aromatic heterocycles. The molecule has 0 saturated carbocycles. The second-order valence-electron chi connectivity index (χ2n) is 2.86. The monoisotopic (exact) mass is 197 g/mol. The smallest absolute Gasteiger partial charge is 0.133 e. The predicted octanol–water partition coefficient (Wildman–Crippen LogP) is 3.09. The first-order chi connectivity index (χ1) is 7.40. The molecule has 4 heteroatoms. The average molecular weight is 197 g/mol. The Kier molecular flexibility index (Phi) is 2.59. The fraction of sp³-hybridized carbons (Fsp3) is 0.0909. The summed E-state index contributed by atoms with van der Waals surface area (Å²) in [6, 6.07) is 7.55. The fourth-order valence-electron chi connectivity index (χ4n) is 1.25. The van der Waals surface area contributed by atoms with Crippen LogP contribution < -0.4 is 0 Å². The molecule has 0 amide bonds. The summed E-state index contributed by atoms with van der Waals surface area (Å²) < 4.78 is 5.20. The summed E-state index contributed by atoms with van der Waals surface area (Å²) >= 11 is 0. The normalized spacial score (nSPS) is 9.07. The molecule has 72 valence electrons. The molecule has 0 fully saturated rings. The van der Waals surface area contributed by atoms with Gasteiger partial charge in [-0.15, -0.1) is 0 Å². The minimum absolute atomic E-state index is 0.194. The van der Waals surface area contributed by atoms with Gasteiger partial charge in [0.05, 0.1) is 12.8 Å². The molecule has 0 radical (unpaired) electrons. The van der Waals surface area contributed by atoms with Gasteiger partial charge in [-0.1, -0.05) is 17.0 Å². The van der Waals surface area contributed by atoms with E-state index in [9.17, 15) is 0 Å². The van der Waals surface area contributed by atoms with Crippen molar-refractivity contribution in [3.05, 3.63) is 46.5 Å². The minimum Gasteiger partial charge on any atom is -0.464 e. The third-order valence-corrected chi connectivity index (χ3v) is 1.90. The van der Waals surface area contributed by atoms with Crippen LogP contribution in [-0.2, 0) is 0 Å². The maximum absolute atomic E-state index is 8.06. The maximum Gasteiger partial charge on any atom is 0.133 e. The number of fused-ring (bicyclic) bond motifs is 1. The first kappa shape index (κ1) is 9.20. The van der Waals surface area contributed by atoms with Gasteiger partial charge in [0.1, 0.15) is 5.58 Å². The van der Waals surface area contributed by atoms with Crippen LogP contribution in [-0.4, -0.2) is 6.54 Å². The molecule has 0 saturated heterocycles. The van der Waals surface area contributed by atoms with Crippen molar-refractivity contribution in [2.75, 3.05) is 6.54 Å². The summed E-state index contributed by atoms with van der Waals surface area (Å²) in [5.74, 6) is 5.66. The van der Waals surface area contributed by atoms with E-state index in [1.165, 1.54) is 0 Å². The van der Waals surface area contributed by atoms with Crippen LogP contribution in [0, 0.1) is 11.8 Å². The van der Waals surface area contributed by atoms with Crippen molar-refractivity contribution in [3.63, 3.8) is 0 Å². The Labute approximate surface area is 86.1 Å². The van der Waals surface area contributed by atoms with Gasteiger partial charge in [0.15, 0.2) is 0 Å². The van der Waals surface area contributed by atoms with E-state index in [4.69, 9.17) is 9.95 Å². The molecule has 0 N–H and O–H groups in total. The highest BCUT2D eigenvalue weighted by molar-refractivity contribution is 5.78. The van der Waals surface area contributed by atoms with Gasteiger partial charge in [0, 0.05) is 15.9 Å². The highest BCUT2D eigenvalue weighted by Crippen LogP contribution is 2.16. The number of hydrogen-bond acceptors (Lipinski definition) is 2. The largest absolute Gasteiger partial charge is 0.464 e. The lowest BCUT2D eigenvalue weighted by atomic mass is 10.2. The highest BCUT2D eigenvalue weighted by atomic mass is 16.3. The van der Waals surface area contributed by atoms with E-state index < -0.39 is 0 Å². The molecule has 2 aromatic rings. The quantitative estimate of drug-likeness (QED) is 0.300. The van der Waals surface area contributed by atoms with Crippen molar-refractivity contribution in [3.8, 4) is 11.8 Å². The van der Waals surface area contributed by atoms with E-state index in [-0.39, 0.29) is 6.54 Å². The van der Waals surface area contributed by atoms with Gasteiger partial charge in [0.2, 0.25) is 0 Å². The van der Waals surface area contributed by atoms with Crippen molar-refractivity contribution in [1.82, 2.24) is 0 Å². The molecular formula is C11H7N3O. The highest BCUT2D eigenvalue weighted by Gasteiger charge is 1.95. The molecule has 1 aromatic carbocycles. The number of furan rings is 1. The van der Waals surface area contributed by atoms with Crippen LogP contribution in [0.5, 0.6) is 0 Å². The van der Waals surface area contributed by atoms with Crippen LogP contribution >= 0.6 is 0 Å². The Morgan fingerprint density at radius 2 is 2.33 bits per heavy atom. The zero-order chi connectivity index (χ0) is 10.5. The number of azide groups is 1. The van der Waals surface area contributed by atoms with E-state index in [1.807, 2.05) is 24.3 Å². The van der Waals surface area contributed by atoms with Crippen LogP contribution in [0.15, 0.2) is 40.1 Å². The van der Waals surface area contributed by atoms with Gasteiger partial charge in [-0.3, -0.25) is 0 Å². The lowest BCUT2D eigenvalue weighted by Crippen LogP contribution is -1.74. The molecule has 15 heavy (non-hydrogen) atoms. The van der Waals surface area contributed by atoms with E-state index in [0.717, 1.165) is 16.5 Å². The van der Waals surface area contributed by atoms with Crippen molar-refractivity contribution in [1.29, 1.82) is 0 Å². The first-order valence-electron chi connectivity index (χ1n) is 4.37. The summed E-state index contributed by atoms with van der Waals surface area (Å²) in [6.07, 6.45) is 1.64. The molecule has 0 spiro atoms. The molecule has 0 aliphatic carbocycles. The van der Waals surface area contributed by atoms with Gasteiger partial charge >= 0.3 is 0 Å². The summed E-state index contributed by atoms with van der Waals surface area (Å²) in [4.78, 5) is 2.62. The molecular weight excluding hydrogens is 190 g/mol. The van der Waals surface area contributed by atoms with Crippen LogP contribution in [0.4, 0.5) is 0 Å². The lowest BCUT2D eigenvalue weighted by Gasteiger charge is -1.89. The van der Waals surface area contributed by atoms with E-state index in [1.54, 1.807) is 6.26 Å². The molecule has 2 rings (SSSR count). The second-order valence-corrected chi connectivity index (χ2v) is 2.86. The Morgan fingerprint density at radius 3 is 3.20 bits per heavy atom. The Balaban J connectivity index is 2.26. The van der Waals surface area contributed by atoms with Gasteiger partial charge in [-0.25, -0.2) is 0 Å². The zero-order valence-corrected chi connectivity index (χ0v) is 7.84. The van der Waals surface area contributed by atoms with Crippen molar-refractivity contribution in [2.45, 2.75) is 0 Å². The van der Waals surface area contributed by atoms with E-state index in [0.29, 0.717) is 0 Å².